The summed E-state index contributed by atoms with van der Waals surface area (Å²) in [7, 11) is 0. The summed E-state index contributed by atoms with van der Waals surface area (Å²) in [6.07, 6.45) is 9.12. The van der Waals surface area contributed by atoms with Gasteiger partial charge in [-0.05, 0) is 55.9 Å². The molecule has 0 bridgehead atoms. The Morgan fingerprint density at radius 1 is 1.14 bits per heavy atom. The number of rotatable bonds is 4. The Balaban J connectivity index is 1.55. The molecule has 1 fully saturated rings. The molecule has 2 amide bonds. The first kappa shape index (κ1) is 14.8. The van der Waals surface area contributed by atoms with Gasteiger partial charge in [0.1, 0.15) is 0 Å². The number of hydrogen-bond donors (Lipinski definition) is 1. The van der Waals surface area contributed by atoms with E-state index in [1.165, 1.54) is 0 Å². The van der Waals surface area contributed by atoms with E-state index in [0.29, 0.717) is 17.9 Å². The van der Waals surface area contributed by atoms with Gasteiger partial charge in [0.05, 0.1) is 0 Å². The third-order valence-electron chi connectivity index (χ3n) is 4.37. The van der Waals surface area contributed by atoms with Crippen LogP contribution in [0, 0.1) is 5.92 Å². The Morgan fingerprint density at radius 3 is 2.50 bits per heavy atom. The van der Waals surface area contributed by atoms with E-state index >= 15 is 0 Å². The predicted molar refractivity (Wildman–Crippen MR) is 86.7 cm³/mol. The maximum atomic E-state index is 12.2. The molecule has 4 nitrogen and oxygen atoms in total. The summed E-state index contributed by atoms with van der Waals surface area (Å²) in [5, 5.41) is 2.91. The van der Waals surface area contributed by atoms with Gasteiger partial charge in [-0.2, -0.15) is 0 Å². The monoisotopic (exact) mass is 298 g/mol. The van der Waals surface area contributed by atoms with Gasteiger partial charge in [-0.25, -0.2) is 0 Å². The number of benzene rings is 1. The maximum Gasteiger partial charge on any atom is 0.253 e. The van der Waals surface area contributed by atoms with Crippen molar-refractivity contribution in [3.05, 3.63) is 42.0 Å². The molecule has 0 saturated carbocycles. The lowest BCUT2D eigenvalue weighted by Gasteiger charge is -2.15. The lowest BCUT2D eigenvalue weighted by Crippen LogP contribution is -2.27. The molecule has 0 aromatic heterocycles. The fourth-order valence-corrected chi connectivity index (χ4v) is 3.11. The van der Waals surface area contributed by atoms with E-state index in [2.05, 4.69) is 17.5 Å². The highest BCUT2D eigenvalue weighted by Crippen LogP contribution is 2.21. The van der Waals surface area contributed by atoms with Gasteiger partial charge >= 0.3 is 0 Å². The highest BCUT2D eigenvalue weighted by Gasteiger charge is 2.19. The van der Waals surface area contributed by atoms with Crippen molar-refractivity contribution in [1.29, 1.82) is 0 Å². The molecule has 1 N–H and O–H groups in total. The summed E-state index contributed by atoms with van der Waals surface area (Å²) >= 11 is 0. The minimum Gasteiger partial charge on any atom is -0.339 e. The summed E-state index contributed by atoms with van der Waals surface area (Å²) in [4.78, 5) is 26.1. The molecule has 1 aromatic rings. The molecule has 3 rings (SSSR count). The molecular weight excluding hydrogens is 276 g/mol. The van der Waals surface area contributed by atoms with E-state index in [0.717, 1.165) is 44.5 Å². The zero-order valence-electron chi connectivity index (χ0n) is 12.8. The zero-order chi connectivity index (χ0) is 15.4. The number of amides is 2. The number of carbonyl (C=O) groups is 2. The van der Waals surface area contributed by atoms with Gasteiger partial charge in [0.25, 0.3) is 5.91 Å². The number of nitrogens with zero attached hydrogens (tertiary/aromatic N) is 1. The van der Waals surface area contributed by atoms with Gasteiger partial charge in [-0.1, -0.05) is 12.2 Å². The van der Waals surface area contributed by atoms with E-state index in [4.69, 9.17) is 0 Å². The molecule has 1 heterocycles. The second-order valence-corrected chi connectivity index (χ2v) is 6.09. The van der Waals surface area contributed by atoms with Crippen LogP contribution in [-0.2, 0) is 4.79 Å². The quantitative estimate of drug-likeness (QED) is 0.868. The first-order chi connectivity index (χ1) is 10.7. The molecule has 116 valence electrons. The third-order valence-corrected chi connectivity index (χ3v) is 4.37. The molecule has 1 aliphatic carbocycles. The minimum atomic E-state index is 0.0372. The van der Waals surface area contributed by atoms with Crippen molar-refractivity contribution >= 4 is 17.5 Å². The number of allylic oxidation sites excluding steroid dienone is 2. The van der Waals surface area contributed by atoms with Crippen LogP contribution in [0.5, 0.6) is 0 Å². The van der Waals surface area contributed by atoms with Gasteiger partial charge < -0.3 is 10.2 Å². The van der Waals surface area contributed by atoms with Crippen LogP contribution >= 0.6 is 0 Å². The number of likely N-dealkylation sites (tertiary alicyclic amines) is 1. The molecule has 0 spiro atoms. The second-order valence-electron chi connectivity index (χ2n) is 6.09. The Hall–Kier alpha value is -2.10. The van der Waals surface area contributed by atoms with Crippen molar-refractivity contribution in [3.8, 4) is 0 Å². The van der Waals surface area contributed by atoms with E-state index in [-0.39, 0.29) is 11.8 Å². The average Bonchev–Trinajstić information content (AvgIpc) is 3.20. The Labute approximate surface area is 131 Å². The molecule has 1 unspecified atom stereocenters. The number of anilines is 1. The summed E-state index contributed by atoms with van der Waals surface area (Å²) in [5.74, 6) is 0.498. The largest absolute Gasteiger partial charge is 0.339 e. The van der Waals surface area contributed by atoms with Gasteiger partial charge in [0.2, 0.25) is 5.91 Å². The lowest BCUT2D eigenvalue weighted by molar-refractivity contribution is -0.116. The number of nitrogens with one attached hydrogen (secondary N) is 1. The molecule has 1 saturated heterocycles. The summed E-state index contributed by atoms with van der Waals surface area (Å²) < 4.78 is 0. The van der Waals surface area contributed by atoms with Crippen LogP contribution in [0.4, 0.5) is 5.69 Å². The van der Waals surface area contributed by atoms with Crippen LogP contribution in [0.15, 0.2) is 36.4 Å². The summed E-state index contributed by atoms with van der Waals surface area (Å²) in [6, 6.07) is 7.22. The molecule has 2 aliphatic rings. The highest BCUT2D eigenvalue weighted by molar-refractivity contribution is 5.96. The second kappa shape index (κ2) is 6.77. The minimum absolute atomic E-state index is 0.0372. The predicted octanol–water partition coefficient (Wildman–Crippen LogP) is 3.22. The van der Waals surface area contributed by atoms with Crippen LogP contribution in [-0.4, -0.2) is 29.8 Å². The van der Waals surface area contributed by atoms with Crippen molar-refractivity contribution in [3.63, 3.8) is 0 Å². The standard InChI is InChI=1S/C18H22N2O2/c21-17(13-14-5-1-2-6-14)19-16-9-7-15(8-10-16)18(22)20-11-3-4-12-20/h1,5,7-10,14H,2-4,6,11-13H2,(H,19,21). The Kier molecular flexibility index (Phi) is 4.56. The van der Waals surface area contributed by atoms with Crippen LogP contribution < -0.4 is 5.32 Å². The topological polar surface area (TPSA) is 49.4 Å². The molecule has 22 heavy (non-hydrogen) atoms. The molecule has 0 radical (unpaired) electrons. The number of carbonyl (C=O) groups excluding carboxylic acids is 2. The van der Waals surface area contributed by atoms with Crippen molar-refractivity contribution in [1.82, 2.24) is 4.90 Å². The zero-order valence-corrected chi connectivity index (χ0v) is 12.8. The normalized spacial score (nSPS) is 20.4. The third kappa shape index (κ3) is 3.56. The highest BCUT2D eigenvalue weighted by atomic mass is 16.2. The first-order valence-corrected chi connectivity index (χ1v) is 8.08. The Bertz CT molecular complexity index is 571. The van der Waals surface area contributed by atoms with Gasteiger partial charge in [0.15, 0.2) is 0 Å². The SMILES string of the molecule is O=C(CC1C=CCC1)Nc1ccc(C(=O)N2CCCC2)cc1. The number of hydrogen-bond acceptors (Lipinski definition) is 2. The van der Waals surface area contributed by atoms with Gasteiger partial charge in [-0.3, -0.25) is 9.59 Å². The Morgan fingerprint density at radius 2 is 1.86 bits per heavy atom. The molecular formula is C18H22N2O2. The summed E-state index contributed by atoms with van der Waals surface area (Å²) in [5.41, 5.74) is 1.45. The van der Waals surface area contributed by atoms with E-state index in [1.807, 2.05) is 17.0 Å². The van der Waals surface area contributed by atoms with Crippen LogP contribution in [0.1, 0.15) is 42.5 Å². The first-order valence-electron chi connectivity index (χ1n) is 8.08. The molecule has 1 aliphatic heterocycles. The van der Waals surface area contributed by atoms with Crippen molar-refractivity contribution in [2.45, 2.75) is 32.1 Å². The maximum absolute atomic E-state index is 12.2. The van der Waals surface area contributed by atoms with Crippen LogP contribution in [0.25, 0.3) is 0 Å². The van der Waals surface area contributed by atoms with Crippen molar-refractivity contribution in [2.24, 2.45) is 5.92 Å². The van der Waals surface area contributed by atoms with Crippen molar-refractivity contribution < 1.29 is 9.59 Å². The lowest BCUT2D eigenvalue weighted by atomic mass is 10.0. The van der Waals surface area contributed by atoms with E-state index in [9.17, 15) is 9.59 Å². The van der Waals surface area contributed by atoms with Crippen LogP contribution in [0.3, 0.4) is 0 Å². The fourth-order valence-electron chi connectivity index (χ4n) is 3.11. The van der Waals surface area contributed by atoms with E-state index in [1.54, 1.807) is 12.1 Å². The fraction of sp³-hybridized carbons (Fsp3) is 0.444. The van der Waals surface area contributed by atoms with Gasteiger partial charge in [0, 0.05) is 30.8 Å². The smallest absolute Gasteiger partial charge is 0.253 e. The van der Waals surface area contributed by atoms with Crippen molar-refractivity contribution in [2.75, 3.05) is 18.4 Å². The summed E-state index contributed by atoms with van der Waals surface area (Å²) in [6.45, 7) is 1.71. The average molecular weight is 298 g/mol. The molecule has 1 aromatic carbocycles. The molecule has 4 heteroatoms. The molecule has 1 atom stereocenters. The van der Waals surface area contributed by atoms with Gasteiger partial charge in [-0.15, -0.1) is 0 Å². The van der Waals surface area contributed by atoms with E-state index < -0.39 is 0 Å². The van der Waals surface area contributed by atoms with Crippen LogP contribution in [0.2, 0.25) is 0 Å².